The molecule has 0 unspecified atom stereocenters. The summed E-state index contributed by atoms with van der Waals surface area (Å²) in [6.45, 7) is 2.09. The monoisotopic (exact) mass is 593 g/mol. The first-order valence-electron chi connectivity index (χ1n) is 11.4. The number of anilines is 1. The van der Waals surface area contributed by atoms with Gasteiger partial charge in [0.05, 0.1) is 27.9 Å². The lowest BCUT2D eigenvalue weighted by molar-refractivity contribution is 0.0975. The number of benzene rings is 4. The summed E-state index contributed by atoms with van der Waals surface area (Å²) in [5, 5.41) is 8.06. The number of aromatic nitrogens is 1. The Bertz CT molecular complexity index is 1680. The number of thiocarbonyl (C=S) groups is 1. The molecule has 1 amide bonds. The average Bonchev–Trinajstić information content (AvgIpc) is 3.33. The Kier molecular flexibility index (Phi) is 7.15. The van der Waals surface area contributed by atoms with Gasteiger partial charge >= 0.3 is 0 Å². The van der Waals surface area contributed by atoms with Crippen molar-refractivity contribution in [1.82, 2.24) is 10.3 Å². The molecule has 0 saturated carbocycles. The van der Waals surface area contributed by atoms with Gasteiger partial charge in [0.25, 0.3) is 5.91 Å². The molecule has 1 aromatic heterocycles. The molecule has 5 rings (SSSR count). The van der Waals surface area contributed by atoms with Crippen LogP contribution in [0.25, 0.3) is 33.3 Å². The van der Waals surface area contributed by atoms with Crippen LogP contribution in [0.1, 0.15) is 22.8 Å². The van der Waals surface area contributed by atoms with Crippen molar-refractivity contribution in [3.05, 3.63) is 87.4 Å². The molecule has 1 heterocycles. The lowest BCUT2D eigenvalue weighted by Crippen LogP contribution is -2.34. The van der Waals surface area contributed by atoms with E-state index in [4.69, 9.17) is 33.0 Å². The van der Waals surface area contributed by atoms with E-state index in [9.17, 15) is 4.79 Å². The van der Waals surface area contributed by atoms with Crippen molar-refractivity contribution in [2.75, 3.05) is 12.4 Å². The fraction of sp³-hybridized carbons (Fsp3) is 0.107. The van der Waals surface area contributed by atoms with E-state index in [1.807, 2.05) is 48.5 Å². The summed E-state index contributed by atoms with van der Waals surface area (Å²) < 4.78 is 12.2. The topological polar surface area (TPSA) is 76.4 Å². The Morgan fingerprint density at radius 2 is 1.95 bits per heavy atom. The molecule has 37 heavy (non-hydrogen) atoms. The van der Waals surface area contributed by atoms with E-state index < -0.39 is 5.91 Å². The van der Waals surface area contributed by atoms with Crippen LogP contribution in [-0.4, -0.2) is 23.1 Å². The molecule has 0 aliphatic rings. The summed E-state index contributed by atoms with van der Waals surface area (Å²) >= 11 is 15.4. The Balaban J connectivity index is 1.38. The lowest BCUT2D eigenvalue weighted by Gasteiger charge is -2.15. The molecule has 9 heteroatoms. The Morgan fingerprint density at radius 1 is 1.14 bits per heavy atom. The normalized spacial score (nSPS) is 11.0. The number of carbonyl (C=O) groups excluding carboxylic acids is 1. The van der Waals surface area contributed by atoms with E-state index in [0.717, 1.165) is 28.3 Å². The first-order valence-corrected chi connectivity index (χ1v) is 13.0. The SMILES string of the molecule is CCc1ccc2oc(-c3ccc(Cl)c(NC(=S)NC(=O)c4cc5ccccc5c(Br)c4OC)c3)nc2c1. The van der Waals surface area contributed by atoms with Gasteiger partial charge in [0.2, 0.25) is 5.89 Å². The highest BCUT2D eigenvalue weighted by Gasteiger charge is 2.19. The van der Waals surface area contributed by atoms with E-state index in [1.165, 1.54) is 12.7 Å². The average molecular weight is 595 g/mol. The molecule has 6 nitrogen and oxygen atoms in total. The first-order chi connectivity index (χ1) is 17.9. The van der Waals surface area contributed by atoms with Crippen LogP contribution < -0.4 is 15.4 Å². The van der Waals surface area contributed by atoms with Crippen LogP contribution in [0.3, 0.4) is 0 Å². The summed E-state index contributed by atoms with van der Waals surface area (Å²) in [6.07, 6.45) is 0.915. The highest BCUT2D eigenvalue weighted by molar-refractivity contribution is 9.10. The molecule has 0 atom stereocenters. The number of nitrogens with one attached hydrogen (secondary N) is 2. The van der Waals surface area contributed by atoms with Crippen LogP contribution in [0.15, 0.2) is 75.6 Å². The maximum absolute atomic E-state index is 13.1. The summed E-state index contributed by atoms with van der Waals surface area (Å²) in [6, 6.07) is 20.7. The number of amides is 1. The molecule has 0 fully saturated rings. The predicted octanol–water partition coefficient (Wildman–Crippen LogP) is 7.76. The minimum atomic E-state index is -0.418. The number of hydrogen-bond donors (Lipinski definition) is 2. The molecule has 2 N–H and O–H groups in total. The predicted molar refractivity (Wildman–Crippen MR) is 156 cm³/mol. The van der Waals surface area contributed by atoms with Gasteiger partial charge in [-0.1, -0.05) is 48.9 Å². The van der Waals surface area contributed by atoms with Gasteiger partial charge in [0, 0.05) is 5.56 Å². The zero-order valence-corrected chi connectivity index (χ0v) is 23.1. The zero-order chi connectivity index (χ0) is 26.1. The van der Waals surface area contributed by atoms with Crippen molar-refractivity contribution in [3.63, 3.8) is 0 Å². The van der Waals surface area contributed by atoms with Gasteiger partial charge in [-0.2, -0.15) is 0 Å². The van der Waals surface area contributed by atoms with E-state index in [0.29, 0.717) is 38.0 Å². The molecule has 0 aliphatic carbocycles. The molecule has 0 saturated heterocycles. The maximum atomic E-state index is 13.1. The Hall–Kier alpha value is -3.46. The summed E-state index contributed by atoms with van der Waals surface area (Å²) in [4.78, 5) is 17.8. The van der Waals surface area contributed by atoms with Gasteiger partial charge < -0.3 is 14.5 Å². The zero-order valence-electron chi connectivity index (χ0n) is 19.9. The van der Waals surface area contributed by atoms with Crippen LogP contribution in [0.5, 0.6) is 5.75 Å². The number of oxazole rings is 1. The second-order valence-electron chi connectivity index (χ2n) is 8.27. The van der Waals surface area contributed by atoms with Gasteiger partial charge in [-0.25, -0.2) is 4.98 Å². The minimum Gasteiger partial charge on any atom is -0.495 e. The van der Waals surface area contributed by atoms with Gasteiger partial charge in [-0.05, 0) is 87.3 Å². The smallest absolute Gasteiger partial charge is 0.261 e. The van der Waals surface area contributed by atoms with E-state index in [2.05, 4.69) is 38.5 Å². The van der Waals surface area contributed by atoms with E-state index in [1.54, 1.807) is 18.2 Å². The number of methoxy groups -OCH3 is 1. The fourth-order valence-electron chi connectivity index (χ4n) is 4.05. The van der Waals surface area contributed by atoms with Gasteiger partial charge in [-0.3, -0.25) is 10.1 Å². The van der Waals surface area contributed by atoms with Crippen LogP contribution in [-0.2, 0) is 6.42 Å². The number of rotatable bonds is 5. The highest BCUT2D eigenvalue weighted by Crippen LogP contribution is 2.36. The van der Waals surface area contributed by atoms with Crippen molar-refractivity contribution in [2.24, 2.45) is 0 Å². The largest absolute Gasteiger partial charge is 0.495 e. The van der Waals surface area contributed by atoms with E-state index >= 15 is 0 Å². The molecular weight excluding hydrogens is 574 g/mol. The van der Waals surface area contributed by atoms with E-state index in [-0.39, 0.29) is 5.11 Å². The second-order valence-corrected chi connectivity index (χ2v) is 9.88. The number of aryl methyl sites for hydroxylation is 1. The maximum Gasteiger partial charge on any atom is 0.261 e. The molecule has 0 bridgehead atoms. The third-order valence-electron chi connectivity index (χ3n) is 5.94. The summed E-state index contributed by atoms with van der Waals surface area (Å²) in [7, 11) is 1.52. The van der Waals surface area contributed by atoms with Crippen LogP contribution in [0, 0.1) is 0 Å². The second kappa shape index (κ2) is 10.5. The molecule has 4 aromatic carbocycles. The van der Waals surface area contributed by atoms with Crippen LogP contribution in [0.2, 0.25) is 5.02 Å². The number of halogens is 2. The molecule has 186 valence electrons. The third-order valence-corrected chi connectivity index (χ3v) is 7.26. The third kappa shape index (κ3) is 5.05. The van der Waals surface area contributed by atoms with Crippen molar-refractivity contribution < 1.29 is 13.9 Å². The Morgan fingerprint density at radius 3 is 2.73 bits per heavy atom. The number of nitrogens with zero attached hydrogens (tertiary/aromatic N) is 1. The van der Waals surface area contributed by atoms with Crippen molar-refractivity contribution in [3.8, 4) is 17.2 Å². The number of hydrogen-bond acceptors (Lipinski definition) is 5. The first kappa shape index (κ1) is 25.2. The molecule has 0 aliphatic heterocycles. The number of carbonyl (C=O) groups is 1. The van der Waals surface area contributed by atoms with Crippen LogP contribution in [0.4, 0.5) is 5.69 Å². The Labute approximate surface area is 232 Å². The van der Waals surface area contributed by atoms with Crippen molar-refractivity contribution in [1.29, 1.82) is 0 Å². The van der Waals surface area contributed by atoms with Crippen LogP contribution >= 0.6 is 39.7 Å². The molecule has 0 spiro atoms. The molecular formula is C28H21BrClN3O3S. The minimum absolute atomic E-state index is 0.0838. The number of ether oxygens (including phenoxy) is 1. The van der Waals surface area contributed by atoms with Crippen molar-refractivity contribution >= 4 is 78.3 Å². The van der Waals surface area contributed by atoms with Gasteiger partial charge in [-0.15, -0.1) is 0 Å². The highest BCUT2D eigenvalue weighted by atomic mass is 79.9. The van der Waals surface area contributed by atoms with Crippen molar-refractivity contribution in [2.45, 2.75) is 13.3 Å². The van der Waals surface area contributed by atoms with Gasteiger partial charge in [0.1, 0.15) is 11.3 Å². The summed E-state index contributed by atoms with van der Waals surface area (Å²) in [5.41, 5.74) is 4.24. The fourth-order valence-corrected chi connectivity index (χ4v) is 5.15. The standard InChI is InChI=1S/C28H21BrClN3O3S/c1-3-15-8-11-23-22(12-15)31-27(36-23)17-9-10-20(30)21(14-17)32-28(37)33-26(34)19-13-16-6-4-5-7-18(16)24(29)25(19)35-2/h4-14H,3H2,1-2H3,(H2,32,33,34,37). The lowest BCUT2D eigenvalue weighted by atomic mass is 10.1. The number of fused-ring (bicyclic) bond motifs is 2. The quantitative estimate of drug-likeness (QED) is 0.203. The summed E-state index contributed by atoms with van der Waals surface area (Å²) in [5.74, 6) is 0.462. The molecule has 0 radical (unpaired) electrons. The molecule has 5 aromatic rings. The van der Waals surface area contributed by atoms with Gasteiger partial charge in [0.15, 0.2) is 10.7 Å².